The Morgan fingerprint density at radius 2 is 2.25 bits per heavy atom. The van der Waals surface area contributed by atoms with Crippen molar-refractivity contribution in [2.45, 2.75) is 18.9 Å². The summed E-state index contributed by atoms with van der Waals surface area (Å²) in [6.07, 6.45) is 1.44. The maximum absolute atomic E-state index is 13.0. The Kier molecular flexibility index (Phi) is 4.57. The van der Waals surface area contributed by atoms with Crippen LogP contribution in [-0.2, 0) is 4.79 Å². The van der Waals surface area contributed by atoms with Crippen molar-refractivity contribution in [3.05, 3.63) is 24.0 Å². The number of nitrogen functional groups attached to an aromatic ring is 1. The van der Waals surface area contributed by atoms with E-state index in [-0.39, 0.29) is 24.2 Å². The number of hydrogen-bond acceptors (Lipinski definition) is 4. The lowest BCUT2D eigenvalue weighted by atomic mass is 9.82. The number of aliphatic hydroxyl groups excluding tert-OH is 1. The van der Waals surface area contributed by atoms with Crippen LogP contribution in [0.25, 0.3) is 0 Å². The maximum atomic E-state index is 13.0. The van der Waals surface area contributed by atoms with Gasteiger partial charge in [-0.2, -0.15) is 0 Å². The number of nitrogens with zero attached hydrogens (tertiary/aromatic N) is 1. The van der Waals surface area contributed by atoms with Gasteiger partial charge in [0.1, 0.15) is 5.82 Å². The molecule has 1 amide bonds. The van der Waals surface area contributed by atoms with Crippen LogP contribution in [0.4, 0.5) is 15.8 Å². The van der Waals surface area contributed by atoms with Crippen molar-refractivity contribution in [1.82, 2.24) is 4.90 Å². The topological polar surface area (TPSA) is 78.6 Å². The van der Waals surface area contributed by atoms with E-state index in [1.165, 1.54) is 18.2 Å². The predicted molar refractivity (Wildman–Crippen MR) is 75.7 cm³/mol. The number of likely N-dealkylation sites (N-methyl/N-ethyl adjacent to an activating group) is 1. The molecular weight excluding hydrogens is 261 g/mol. The summed E-state index contributed by atoms with van der Waals surface area (Å²) in [6.45, 7) is 1.04. The second-order valence-electron chi connectivity index (χ2n) is 5.47. The quantitative estimate of drug-likeness (QED) is 0.705. The number of nitrogens with one attached hydrogen (secondary N) is 1. The van der Waals surface area contributed by atoms with Gasteiger partial charge < -0.3 is 16.2 Å². The van der Waals surface area contributed by atoms with Crippen LogP contribution in [0.3, 0.4) is 0 Å². The normalized spacial score (nSPS) is 21.6. The Balaban J connectivity index is 1.78. The number of amides is 1. The van der Waals surface area contributed by atoms with Crippen LogP contribution in [0.5, 0.6) is 0 Å². The zero-order valence-corrected chi connectivity index (χ0v) is 11.5. The Bertz CT molecular complexity index is 489. The van der Waals surface area contributed by atoms with E-state index in [1.807, 2.05) is 11.9 Å². The van der Waals surface area contributed by atoms with Gasteiger partial charge in [-0.05, 0) is 44.0 Å². The highest BCUT2D eigenvalue weighted by Gasteiger charge is 2.28. The van der Waals surface area contributed by atoms with Crippen LogP contribution in [0.15, 0.2) is 18.2 Å². The summed E-state index contributed by atoms with van der Waals surface area (Å²) in [5, 5.41) is 11.9. The molecule has 1 aromatic carbocycles. The first-order chi connectivity index (χ1) is 9.44. The van der Waals surface area contributed by atoms with Crippen LogP contribution in [0, 0.1) is 11.7 Å². The second-order valence-corrected chi connectivity index (χ2v) is 5.47. The smallest absolute Gasteiger partial charge is 0.238 e. The van der Waals surface area contributed by atoms with Crippen LogP contribution in [0.2, 0.25) is 0 Å². The van der Waals surface area contributed by atoms with E-state index < -0.39 is 5.82 Å². The fourth-order valence-electron chi connectivity index (χ4n) is 2.42. The molecule has 0 atom stereocenters. The van der Waals surface area contributed by atoms with Crippen molar-refractivity contribution in [2.24, 2.45) is 5.92 Å². The number of hydrogen-bond donors (Lipinski definition) is 3. The molecule has 1 fully saturated rings. The Labute approximate surface area is 117 Å². The van der Waals surface area contributed by atoms with Gasteiger partial charge in [0.25, 0.3) is 0 Å². The summed E-state index contributed by atoms with van der Waals surface area (Å²) in [4.78, 5) is 13.7. The fourth-order valence-corrected chi connectivity index (χ4v) is 2.42. The highest BCUT2D eigenvalue weighted by Crippen LogP contribution is 2.27. The van der Waals surface area contributed by atoms with Crippen LogP contribution < -0.4 is 11.1 Å². The van der Waals surface area contributed by atoms with Gasteiger partial charge in [0, 0.05) is 12.2 Å². The lowest BCUT2D eigenvalue weighted by Gasteiger charge is -2.34. The van der Waals surface area contributed by atoms with E-state index in [0.29, 0.717) is 11.6 Å². The number of nitrogens with two attached hydrogens (primary N) is 1. The number of rotatable bonds is 5. The number of halogens is 1. The van der Waals surface area contributed by atoms with Gasteiger partial charge in [-0.1, -0.05) is 0 Å². The van der Waals surface area contributed by atoms with Gasteiger partial charge in [-0.15, -0.1) is 0 Å². The molecule has 1 aliphatic rings. The molecular formula is C14H20FN3O2. The van der Waals surface area contributed by atoms with E-state index in [9.17, 15) is 14.3 Å². The molecule has 0 radical (unpaired) electrons. The summed E-state index contributed by atoms with van der Waals surface area (Å²) in [7, 11) is 1.86. The van der Waals surface area contributed by atoms with Gasteiger partial charge in [-0.3, -0.25) is 9.69 Å². The molecule has 6 heteroatoms. The largest absolute Gasteiger partial charge is 0.396 e. The van der Waals surface area contributed by atoms with Crippen molar-refractivity contribution >= 4 is 17.3 Å². The molecule has 0 unspecified atom stereocenters. The third-order valence-corrected chi connectivity index (χ3v) is 3.47. The molecule has 5 nitrogen and oxygen atoms in total. The Hall–Kier alpha value is -1.66. The molecule has 1 aliphatic carbocycles. The number of aliphatic hydroxyl groups is 1. The first-order valence-corrected chi connectivity index (χ1v) is 6.65. The first kappa shape index (κ1) is 14.7. The number of carbonyl (C=O) groups is 1. The Morgan fingerprint density at radius 3 is 2.85 bits per heavy atom. The minimum atomic E-state index is -0.497. The molecule has 0 aromatic heterocycles. The highest BCUT2D eigenvalue weighted by atomic mass is 19.1. The van der Waals surface area contributed by atoms with Crippen molar-refractivity contribution in [2.75, 3.05) is 31.2 Å². The predicted octanol–water partition coefficient (Wildman–Crippen LogP) is 1.05. The number of anilines is 2. The van der Waals surface area contributed by atoms with Crippen LogP contribution in [-0.4, -0.2) is 42.2 Å². The van der Waals surface area contributed by atoms with E-state index in [1.54, 1.807) is 0 Å². The molecule has 4 N–H and O–H groups in total. The zero-order chi connectivity index (χ0) is 14.7. The van der Waals surface area contributed by atoms with Crippen molar-refractivity contribution in [3.63, 3.8) is 0 Å². The molecule has 110 valence electrons. The number of benzene rings is 1. The molecule has 0 heterocycles. The lowest BCUT2D eigenvalue weighted by Crippen LogP contribution is -2.39. The molecule has 1 saturated carbocycles. The average molecular weight is 281 g/mol. The first-order valence-electron chi connectivity index (χ1n) is 6.65. The third-order valence-electron chi connectivity index (χ3n) is 3.47. The average Bonchev–Trinajstić information content (AvgIpc) is 2.31. The molecule has 0 bridgehead atoms. The summed E-state index contributed by atoms with van der Waals surface area (Å²) in [5.74, 6) is -0.202. The summed E-state index contributed by atoms with van der Waals surface area (Å²) in [6, 6.07) is 4.10. The molecule has 2 rings (SSSR count). The lowest BCUT2D eigenvalue weighted by molar-refractivity contribution is -0.117. The van der Waals surface area contributed by atoms with E-state index in [4.69, 9.17) is 5.73 Å². The second kappa shape index (κ2) is 6.19. The monoisotopic (exact) mass is 281 g/mol. The maximum Gasteiger partial charge on any atom is 0.238 e. The van der Waals surface area contributed by atoms with Gasteiger partial charge in [0.05, 0.1) is 18.3 Å². The molecule has 1 aromatic rings. The molecule has 0 spiro atoms. The van der Waals surface area contributed by atoms with Gasteiger partial charge in [-0.25, -0.2) is 4.39 Å². The summed E-state index contributed by atoms with van der Waals surface area (Å²) < 4.78 is 13.0. The van der Waals surface area contributed by atoms with Gasteiger partial charge in [0.15, 0.2) is 0 Å². The minimum Gasteiger partial charge on any atom is -0.396 e. The Morgan fingerprint density at radius 1 is 1.55 bits per heavy atom. The van der Waals surface area contributed by atoms with E-state index in [0.717, 1.165) is 19.4 Å². The van der Waals surface area contributed by atoms with Crippen molar-refractivity contribution in [1.29, 1.82) is 0 Å². The standard InChI is InChI=1S/C14H20FN3O2/c1-18(7-9-4-11(19)5-9)8-14(20)17-10-2-3-12(15)13(16)6-10/h2-3,6,9,11,19H,4-5,7-8,16H2,1H3,(H,17,20). The molecule has 0 aliphatic heterocycles. The molecule has 20 heavy (non-hydrogen) atoms. The zero-order valence-electron chi connectivity index (χ0n) is 11.5. The van der Waals surface area contributed by atoms with E-state index >= 15 is 0 Å². The number of carbonyl (C=O) groups excluding carboxylic acids is 1. The van der Waals surface area contributed by atoms with Crippen molar-refractivity contribution < 1.29 is 14.3 Å². The van der Waals surface area contributed by atoms with Crippen LogP contribution in [0.1, 0.15) is 12.8 Å². The fraction of sp³-hybridized carbons (Fsp3) is 0.500. The van der Waals surface area contributed by atoms with Crippen molar-refractivity contribution in [3.8, 4) is 0 Å². The summed E-state index contributed by atoms with van der Waals surface area (Å²) >= 11 is 0. The highest BCUT2D eigenvalue weighted by molar-refractivity contribution is 5.92. The van der Waals surface area contributed by atoms with Gasteiger partial charge in [0.2, 0.25) is 5.91 Å². The van der Waals surface area contributed by atoms with Crippen LogP contribution >= 0.6 is 0 Å². The minimum absolute atomic E-state index is 0.0135. The molecule has 0 saturated heterocycles. The van der Waals surface area contributed by atoms with Gasteiger partial charge >= 0.3 is 0 Å². The third kappa shape index (κ3) is 3.91. The SMILES string of the molecule is CN(CC(=O)Nc1ccc(F)c(N)c1)CC1CC(O)C1. The summed E-state index contributed by atoms with van der Waals surface area (Å²) in [5.41, 5.74) is 5.94. The van der Waals surface area contributed by atoms with E-state index in [2.05, 4.69) is 5.32 Å².